The zero-order valence-electron chi connectivity index (χ0n) is 9.59. The van der Waals surface area contributed by atoms with Crippen molar-refractivity contribution in [1.82, 2.24) is 0 Å². The maximum atomic E-state index is 5.54. The zero-order valence-corrected chi connectivity index (χ0v) is 11.2. The Morgan fingerprint density at radius 2 is 1.71 bits per heavy atom. The zero-order chi connectivity index (χ0) is 10.8. The highest BCUT2D eigenvalue weighted by molar-refractivity contribution is 9.09. The lowest BCUT2D eigenvalue weighted by Crippen LogP contribution is -2.19. The van der Waals surface area contributed by atoms with Crippen LogP contribution in [0.15, 0.2) is 0 Å². The molecule has 0 aromatic heterocycles. The van der Waals surface area contributed by atoms with Gasteiger partial charge >= 0.3 is 0 Å². The van der Waals surface area contributed by atoms with Crippen molar-refractivity contribution >= 4 is 15.9 Å². The second-order valence-corrected chi connectivity index (χ2v) is 4.49. The largest absolute Gasteiger partial charge is 0.379 e. The molecular weight excluding hydrogens is 244 g/mol. The van der Waals surface area contributed by atoms with Crippen LogP contribution >= 0.6 is 15.9 Å². The van der Waals surface area contributed by atoms with Crippen LogP contribution in [0.4, 0.5) is 0 Å². The van der Waals surface area contributed by atoms with Crippen molar-refractivity contribution in [3.05, 3.63) is 0 Å². The van der Waals surface area contributed by atoms with E-state index in [4.69, 9.17) is 9.47 Å². The van der Waals surface area contributed by atoms with E-state index in [1.54, 1.807) is 0 Å². The van der Waals surface area contributed by atoms with Crippen molar-refractivity contribution in [3.63, 3.8) is 0 Å². The first-order valence-electron chi connectivity index (χ1n) is 5.43. The summed E-state index contributed by atoms with van der Waals surface area (Å²) in [7, 11) is 0. The Balaban J connectivity index is 3.25. The molecule has 1 unspecified atom stereocenters. The Labute approximate surface area is 96.5 Å². The molecule has 0 aliphatic heterocycles. The summed E-state index contributed by atoms with van der Waals surface area (Å²) in [6.07, 6.45) is 1.08. The average molecular weight is 267 g/mol. The quantitative estimate of drug-likeness (QED) is 0.472. The van der Waals surface area contributed by atoms with E-state index in [1.807, 2.05) is 0 Å². The van der Waals surface area contributed by atoms with Gasteiger partial charge in [-0.05, 0) is 18.3 Å². The Kier molecular flexibility index (Phi) is 10.2. The summed E-state index contributed by atoms with van der Waals surface area (Å²) < 4.78 is 10.9. The molecule has 0 aromatic rings. The van der Waals surface area contributed by atoms with Crippen molar-refractivity contribution in [1.29, 1.82) is 0 Å². The van der Waals surface area contributed by atoms with E-state index in [-0.39, 0.29) is 0 Å². The second-order valence-electron chi connectivity index (χ2n) is 3.85. The van der Waals surface area contributed by atoms with E-state index < -0.39 is 0 Å². The molecule has 0 rings (SSSR count). The van der Waals surface area contributed by atoms with Crippen LogP contribution < -0.4 is 0 Å². The second kappa shape index (κ2) is 9.94. The molecule has 0 aliphatic rings. The third-order valence-corrected chi connectivity index (χ3v) is 3.03. The van der Waals surface area contributed by atoms with Gasteiger partial charge in [-0.1, -0.05) is 36.7 Å². The first kappa shape index (κ1) is 14.4. The van der Waals surface area contributed by atoms with Gasteiger partial charge in [-0.3, -0.25) is 0 Å². The maximum absolute atomic E-state index is 5.54. The summed E-state index contributed by atoms with van der Waals surface area (Å²) in [5, 5.41) is 1.01. The summed E-state index contributed by atoms with van der Waals surface area (Å²) in [6.45, 7) is 9.68. The van der Waals surface area contributed by atoms with E-state index in [0.29, 0.717) is 11.8 Å². The summed E-state index contributed by atoms with van der Waals surface area (Å²) >= 11 is 3.50. The van der Waals surface area contributed by atoms with E-state index >= 15 is 0 Å². The van der Waals surface area contributed by atoms with E-state index in [0.717, 1.165) is 38.2 Å². The minimum atomic E-state index is 0.612. The summed E-state index contributed by atoms with van der Waals surface area (Å²) in [5.41, 5.74) is 0. The molecule has 0 amide bonds. The number of alkyl halides is 1. The molecule has 2 nitrogen and oxygen atoms in total. The smallest absolute Gasteiger partial charge is 0.0700 e. The molecule has 86 valence electrons. The normalized spacial score (nSPS) is 13.5. The van der Waals surface area contributed by atoms with Crippen LogP contribution in [0.2, 0.25) is 0 Å². The number of halogens is 1. The van der Waals surface area contributed by atoms with Crippen LogP contribution in [-0.4, -0.2) is 31.8 Å². The van der Waals surface area contributed by atoms with Gasteiger partial charge in [-0.2, -0.15) is 0 Å². The molecule has 0 aliphatic carbocycles. The third kappa shape index (κ3) is 7.77. The molecule has 1 atom stereocenters. The van der Waals surface area contributed by atoms with Gasteiger partial charge in [0.2, 0.25) is 0 Å². The Morgan fingerprint density at radius 3 is 2.21 bits per heavy atom. The van der Waals surface area contributed by atoms with Crippen LogP contribution in [0, 0.1) is 11.8 Å². The highest BCUT2D eigenvalue weighted by Crippen LogP contribution is 2.13. The molecule has 0 fully saturated rings. The van der Waals surface area contributed by atoms with Gasteiger partial charge in [0, 0.05) is 11.9 Å². The molecule has 3 heteroatoms. The van der Waals surface area contributed by atoms with Gasteiger partial charge in [0.05, 0.1) is 19.8 Å². The van der Waals surface area contributed by atoms with Crippen molar-refractivity contribution in [3.8, 4) is 0 Å². The Bertz CT molecular complexity index is 118. The summed E-state index contributed by atoms with van der Waals surface area (Å²) in [5.74, 6) is 1.28. The summed E-state index contributed by atoms with van der Waals surface area (Å²) in [6, 6.07) is 0. The predicted octanol–water partition coefficient (Wildman–Crippen LogP) is 3.10. The average Bonchev–Trinajstić information content (AvgIpc) is 2.16. The third-order valence-electron chi connectivity index (χ3n) is 2.19. The highest BCUT2D eigenvalue weighted by Gasteiger charge is 2.11. The lowest BCUT2D eigenvalue weighted by molar-refractivity contribution is 0.0306. The molecule has 0 aromatic carbocycles. The van der Waals surface area contributed by atoms with Crippen molar-refractivity contribution in [2.24, 2.45) is 11.8 Å². The van der Waals surface area contributed by atoms with Gasteiger partial charge < -0.3 is 9.47 Å². The van der Waals surface area contributed by atoms with Crippen LogP contribution in [-0.2, 0) is 9.47 Å². The first-order valence-corrected chi connectivity index (χ1v) is 6.56. The van der Waals surface area contributed by atoms with E-state index in [1.165, 1.54) is 0 Å². The lowest BCUT2D eigenvalue weighted by atomic mass is 9.99. The number of ether oxygens (including phenoxy) is 2. The minimum absolute atomic E-state index is 0.612. The fourth-order valence-electron chi connectivity index (χ4n) is 1.01. The molecule has 0 saturated heterocycles. The van der Waals surface area contributed by atoms with Crippen molar-refractivity contribution in [2.75, 3.05) is 31.8 Å². The van der Waals surface area contributed by atoms with Gasteiger partial charge in [0.1, 0.15) is 0 Å². The summed E-state index contributed by atoms with van der Waals surface area (Å²) in [4.78, 5) is 0. The maximum Gasteiger partial charge on any atom is 0.0700 e. The number of hydrogen-bond donors (Lipinski definition) is 0. The molecule has 0 spiro atoms. The highest BCUT2D eigenvalue weighted by atomic mass is 79.9. The Morgan fingerprint density at radius 1 is 1.07 bits per heavy atom. The minimum Gasteiger partial charge on any atom is -0.379 e. The predicted molar refractivity (Wildman–Crippen MR) is 64.1 cm³/mol. The number of hydrogen-bond acceptors (Lipinski definition) is 2. The molecule has 0 heterocycles. The fourth-order valence-corrected chi connectivity index (χ4v) is 1.95. The molecule has 0 bridgehead atoms. The van der Waals surface area contributed by atoms with E-state index in [9.17, 15) is 0 Å². The van der Waals surface area contributed by atoms with Crippen LogP contribution in [0.1, 0.15) is 27.2 Å². The Hall–Kier alpha value is 0.400. The number of rotatable bonds is 9. The van der Waals surface area contributed by atoms with Crippen LogP contribution in [0.25, 0.3) is 0 Å². The lowest BCUT2D eigenvalue weighted by Gasteiger charge is -2.17. The van der Waals surface area contributed by atoms with Gasteiger partial charge in [-0.15, -0.1) is 0 Å². The van der Waals surface area contributed by atoms with Gasteiger partial charge in [-0.25, -0.2) is 0 Å². The standard InChI is InChI=1S/C11H23BrO2/c1-4-5-13-6-7-14-9-11(8-12)10(2)3/h10-11H,4-9H2,1-3H3. The van der Waals surface area contributed by atoms with Crippen LogP contribution in [0.3, 0.4) is 0 Å². The van der Waals surface area contributed by atoms with Crippen molar-refractivity contribution in [2.45, 2.75) is 27.2 Å². The SMILES string of the molecule is CCCOCCOCC(CBr)C(C)C. The molecule has 0 saturated carbocycles. The monoisotopic (exact) mass is 266 g/mol. The van der Waals surface area contributed by atoms with E-state index in [2.05, 4.69) is 36.7 Å². The van der Waals surface area contributed by atoms with Crippen LogP contribution in [0.5, 0.6) is 0 Å². The van der Waals surface area contributed by atoms with Crippen molar-refractivity contribution < 1.29 is 9.47 Å². The molecule has 0 radical (unpaired) electrons. The molecular formula is C11H23BrO2. The first-order chi connectivity index (χ1) is 6.72. The molecule has 0 N–H and O–H groups in total. The molecule has 14 heavy (non-hydrogen) atoms. The van der Waals surface area contributed by atoms with Gasteiger partial charge in [0.25, 0.3) is 0 Å². The van der Waals surface area contributed by atoms with Gasteiger partial charge in [0.15, 0.2) is 0 Å². The fraction of sp³-hybridized carbons (Fsp3) is 1.00. The topological polar surface area (TPSA) is 18.5 Å².